The topological polar surface area (TPSA) is 66.4 Å². The predicted molar refractivity (Wildman–Crippen MR) is 65.6 cm³/mol. The minimum absolute atomic E-state index is 0.0504. The Kier molecular flexibility index (Phi) is 3.35. The van der Waals surface area contributed by atoms with E-state index in [4.69, 9.17) is 5.11 Å². The van der Waals surface area contributed by atoms with E-state index >= 15 is 0 Å². The molecule has 0 saturated carbocycles. The van der Waals surface area contributed by atoms with Crippen LogP contribution in [0.1, 0.15) is 10.4 Å². The van der Waals surface area contributed by atoms with E-state index in [1.165, 1.54) is 18.2 Å². The Labute approximate surface area is 110 Å². The normalized spacial score (nSPS) is 11.3. The Hall–Kier alpha value is -2.57. The van der Waals surface area contributed by atoms with Crippen molar-refractivity contribution in [2.24, 2.45) is 0 Å². The molecule has 0 fully saturated rings. The smallest absolute Gasteiger partial charge is 0.471 e. The van der Waals surface area contributed by atoms with Crippen LogP contribution in [-0.2, 0) is 4.79 Å². The highest BCUT2D eigenvalue weighted by atomic mass is 19.4. The maximum atomic E-state index is 12.2. The van der Waals surface area contributed by atoms with E-state index in [1.54, 1.807) is 11.4 Å². The maximum absolute atomic E-state index is 12.2. The van der Waals surface area contributed by atoms with Crippen molar-refractivity contribution in [1.29, 1.82) is 0 Å². The number of amides is 1. The van der Waals surface area contributed by atoms with Crippen LogP contribution in [0.2, 0.25) is 0 Å². The molecule has 2 N–H and O–H groups in total. The minimum atomic E-state index is -5.01. The quantitative estimate of drug-likeness (QED) is 0.890. The molecular formula is C13H8F3NO3. The Morgan fingerprint density at radius 2 is 1.60 bits per heavy atom. The zero-order chi connectivity index (χ0) is 14.9. The van der Waals surface area contributed by atoms with E-state index in [2.05, 4.69) is 0 Å². The first kappa shape index (κ1) is 13.9. The van der Waals surface area contributed by atoms with Crippen LogP contribution >= 0.6 is 0 Å². The highest BCUT2D eigenvalue weighted by Gasteiger charge is 2.38. The fourth-order valence-electron chi connectivity index (χ4n) is 1.79. The number of anilines is 1. The standard InChI is InChI=1S/C13H8F3NO3/c14-13(15,16)12(20)17-10-6-5-9(11(18)19)7-3-1-2-4-8(7)10/h1-6H,(H,17,20)(H,18,19). The molecule has 20 heavy (non-hydrogen) atoms. The number of halogens is 3. The van der Waals surface area contributed by atoms with Crippen molar-refractivity contribution in [1.82, 2.24) is 0 Å². The van der Waals surface area contributed by atoms with Crippen molar-refractivity contribution in [2.45, 2.75) is 6.18 Å². The van der Waals surface area contributed by atoms with Crippen LogP contribution in [0.15, 0.2) is 36.4 Å². The van der Waals surface area contributed by atoms with Gasteiger partial charge in [0, 0.05) is 11.1 Å². The molecule has 2 rings (SSSR count). The number of hydrogen-bond donors (Lipinski definition) is 2. The first-order valence-corrected chi connectivity index (χ1v) is 5.44. The summed E-state index contributed by atoms with van der Waals surface area (Å²) in [5, 5.41) is 11.2. The van der Waals surface area contributed by atoms with Gasteiger partial charge < -0.3 is 10.4 Å². The van der Waals surface area contributed by atoms with Crippen LogP contribution in [0.4, 0.5) is 18.9 Å². The predicted octanol–water partition coefficient (Wildman–Crippen LogP) is 3.04. The van der Waals surface area contributed by atoms with Crippen molar-refractivity contribution in [3.63, 3.8) is 0 Å². The van der Waals surface area contributed by atoms with Gasteiger partial charge in [0.25, 0.3) is 0 Å². The number of rotatable bonds is 2. The molecule has 0 spiro atoms. The van der Waals surface area contributed by atoms with Gasteiger partial charge in [0.05, 0.1) is 5.56 Å². The molecule has 0 aliphatic heterocycles. The lowest BCUT2D eigenvalue weighted by molar-refractivity contribution is -0.167. The summed E-state index contributed by atoms with van der Waals surface area (Å²) >= 11 is 0. The van der Waals surface area contributed by atoms with E-state index in [-0.39, 0.29) is 22.0 Å². The first-order chi connectivity index (χ1) is 9.30. The van der Waals surface area contributed by atoms with Gasteiger partial charge in [-0.2, -0.15) is 13.2 Å². The highest BCUT2D eigenvalue weighted by Crippen LogP contribution is 2.28. The number of hydrogen-bond acceptors (Lipinski definition) is 2. The molecule has 2 aromatic rings. The fourth-order valence-corrected chi connectivity index (χ4v) is 1.79. The third-order valence-electron chi connectivity index (χ3n) is 2.66. The molecule has 104 valence electrons. The number of nitrogens with one attached hydrogen (secondary N) is 1. The van der Waals surface area contributed by atoms with E-state index in [0.29, 0.717) is 0 Å². The van der Waals surface area contributed by atoms with Gasteiger partial charge in [0.15, 0.2) is 0 Å². The summed E-state index contributed by atoms with van der Waals surface area (Å²) in [6.45, 7) is 0. The zero-order valence-electron chi connectivity index (χ0n) is 9.86. The van der Waals surface area contributed by atoms with Gasteiger partial charge in [-0.05, 0) is 17.5 Å². The molecule has 0 aromatic heterocycles. The summed E-state index contributed by atoms with van der Waals surface area (Å²) in [5.74, 6) is -3.30. The monoisotopic (exact) mass is 283 g/mol. The summed E-state index contributed by atoms with van der Waals surface area (Å²) in [4.78, 5) is 22.0. The largest absolute Gasteiger partial charge is 0.478 e. The van der Waals surface area contributed by atoms with Crippen LogP contribution in [-0.4, -0.2) is 23.2 Å². The maximum Gasteiger partial charge on any atom is 0.471 e. The second-order valence-electron chi connectivity index (χ2n) is 3.96. The molecule has 0 unspecified atom stereocenters. The lowest BCUT2D eigenvalue weighted by Gasteiger charge is -2.11. The minimum Gasteiger partial charge on any atom is -0.478 e. The lowest BCUT2D eigenvalue weighted by Crippen LogP contribution is -2.30. The van der Waals surface area contributed by atoms with Gasteiger partial charge >= 0.3 is 18.1 Å². The molecule has 7 heteroatoms. The van der Waals surface area contributed by atoms with Gasteiger partial charge in [-0.1, -0.05) is 24.3 Å². The van der Waals surface area contributed by atoms with Crippen molar-refractivity contribution >= 4 is 28.3 Å². The molecule has 0 radical (unpaired) electrons. The van der Waals surface area contributed by atoms with Crippen LogP contribution in [0, 0.1) is 0 Å². The van der Waals surface area contributed by atoms with Crippen LogP contribution in [0.3, 0.4) is 0 Å². The second-order valence-corrected chi connectivity index (χ2v) is 3.96. The van der Waals surface area contributed by atoms with Gasteiger partial charge in [0.1, 0.15) is 0 Å². The van der Waals surface area contributed by atoms with Crippen molar-refractivity contribution in [2.75, 3.05) is 5.32 Å². The van der Waals surface area contributed by atoms with Crippen LogP contribution in [0.5, 0.6) is 0 Å². The molecule has 0 bridgehead atoms. The Morgan fingerprint density at radius 1 is 1.00 bits per heavy atom. The number of carboxylic acid groups (broad SMARTS) is 1. The molecular weight excluding hydrogens is 275 g/mol. The number of alkyl halides is 3. The Morgan fingerprint density at radius 3 is 2.15 bits per heavy atom. The van der Waals surface area contributed by atoms with Gasteiger partial charge in [-0.15, -0.1) is 0 Å². The second kappa shape index (κ2) is 4.84. The van der Waals surface area contributed by atoms with E-state index < -0.39 is 18.1 Å². The Bertz CT molecular complexity index is 695. The average molecular weight is 283 g/mol. The molecule has 1 amide bonds. The summed E-state index contributed by atoms with van der Waals surface area (Å²) in [7, 11) is 0. The van der Waals surface area contributed by atoms with Crippen molar-refractivity contribution in [3.8, 4) is 0 Å². The van der Waals surface area contributed by atoms with E-state index in [1.807, 2.05) is 0 Å². The van der Waals surface area contributed by atoms with E-state index in [9.17, 15) is 22.8 Å². The molecule has 0 atom stereocenters. The summed E-state index contributed by atoms with van der Waals surface area (Å²) in [6, 6.07) is 8.28. The molecule has 0 saturated heterocycles. The number of benzene rings is 2. The van der Waals surface area contributed by atoms with Crippen LogP contribution < -0.4 is 5.32 Å². The average Bonchev–Trinajstić information content (AvgIpc) is 2.37. The highest BCUT2D eigenvalue weighted by molar-refractivity contribution is 6.10. The molecule has 4 nitrogen and oxygen atoms in total. The fraction of sp³-hybridized carbons (Fsp3) is 0.0769. The molecule has 0 aliphatic rings. The van der Waals surface area contributed by atoms with Crippen molar-refractivity contribution in [3.05, 3.63) is 42.0 Å². The molecule has 2 aromatic carbocycles. The summed E-state index contributed by atoms with van der Waals surface area (Å²) < 4.78 is 36.7. The summed E-state index contributed by atoms with van der Waals surface area (Å²) in [6.07, 6.45) is -5.01. The number of aromatic carboxylic acids is 1. The number of carbonyl (C=O) groups is 2. The number of carbonyl (C=O) groups excluding carboxylic acids is 1. The van der Waals surface area contributed by atoms with Gasteiger partial charge in [-0.25, -0.2) is 4.79 Å². The zero-order valence-corrected chi connectivity index (χ0v) is 9.86. The van der Waals surface area contributed by atoms with Crippen LogP contribution in [0.25, 0.3) is 10.8 Å². The molecule has 0 aliphatic carbocycles. The van der Waals surface area contributed by atoms with E-state index in [0.717, 1.165) is 12.1 Å². The third-order valence-corrected chi connectivity index (χ3v) is 2.66. The number of carboxylic acids is 1. The first-order valence-electron chi connectivity index (χ1n) is 5.44. The van der Waals surface area contributed by atoms with Crippen molar-refractivity contribution < 1.29 is 27.9 Å². The van der Waals surface area contributed by atoms with Gasteiger partial charge in [-0.3, -0.25) is 4.79 Å². The SMILES string of the molecule is O=C(O)c1ccc(NC(=O)C(F)(F)F)c2ccccc12. The van der Waals surface area contributed by atoms with Gasteiger partial charge in [0.2, 0.25) is 0 Å². The lowest BCUT2D eigenvalue weighted by atomic mass is 10.0. The number of fused-ring (bicyclic) bond motifs is 1. The Balaban J connectivity index is 2.54. The molecule has 0 heterocycles. The summed E-state index contributed by atoms with van der Waals surface area (Å²) in [5.41, 5.74) is -0.140. The third kappa shape index (κ3) is 2.56.